The minimum absolute atomic E-state index is 0.225. The van der Waals surface area contributed by atoms with Gasteiger partial charge in [-0.15, -0.1) is 0 Å². The standard InChI is InChI=1S/C70H130N2O21/c1-4-6-8-10-12-14-16-17-18-19-20-21-22-23-24-25-26-27-28-29-30-31-32-33-34-36-38-40-42-44-57(80)72-51(52(77)43-41-39-37-35-15-13-11-9-7-5-2)49-88-67-62(84)61(83)64(56(48-75)90-67)91-68-63(85)66(60(82)55(47-74)89-68)93-70(69(86)87)45-53(78)58(71-50(3)76)65(92-70)59(81)54(79)46-73/h23-24,51-56,58-68,73-75,77-79,81-85H,4-22,25-49H2,1-3H3,(H,71,76)(H,72,80)(H,86,87)/b24-23-. The molecule has 0 aromatic carbocycles. The molecule has 93 heavy (non-hydrogen) atoms. The second-order valence-electron chi connectivity index (χ2n) is 26.8. The van der Waals surface area contributed by atoms with Gasteiger partial charge in [-0.05, 0) is 38.5 Å². The molecule has 0 spiro atoms. The average molecular weight is 1340 g/mol. The maximum absolute atomic E-state index is 13.5. The van der Waals surface area contributed by atoms with E-state index in [-0.39, 0.29) is 18.9 Å². The minimum Gasteiger partial charge on any atom is -0.477 e. The third-order valence-corrected chi connectivity index (χ3v) is 18.7. The van der Waals surface area contributed by atoms with Crippen molar-refractivity contribution in [2.24, 2.45) is 0 Å². The molecule has 0 bridgehead atoms. The van der Waals surface area contributed by atoms with Crippen LogP contribution in [-0.2, 0) is 42.8 Å². The van der Waals surface area contributed by atoms with E-state index in [1.54, 1.807) is 0 Å². The fourth-order valence-electron chi connectivity index (χ4n) is 12.9. The molecule has 0 aliphatic carbocycles. The van der Waals surface area contributed by atoms with E-state index in [1.807, 2.05) is 0 Å². The highest BCUT2D eigenvalue weighted by Crippen LogP contribution is 2.39. The zero-order valence-corrected chi connectivity index (χ0v) is 57.1. The third kappa shape index (κ3) is 32.8. The Kier molecular flexibility index (Phi) is 46.2. The van der Waals surface area contributed by atoms with E-state index in [2.05, 4.69) is 36.6 Å². The van der Waals surface area contributed by atoms with E-state index < -0.39 is 148 Å². The lowest BCUT2D eigenvalue weighted by atomic mass is 9.88. The van der Waals surface area contributed by atoms with Crippen molar-refractivity contribution >= 4 is 17.8 Å². The molecular weight excluding hydrogens is 1200 g/mol. The van der Waals surface area contributed by atoms with Gasteiger partial charge >= 0.3 is 5.97 Å². The fourth-order valence-corrected chi connectivity index (χ4v) is 12.9. The molecule has 23 nitrogen and oxygen atoms in total. The van der Waals surface area contributed by atoms with E-state index in [1.165, 1.54) is 173 Å². The molecule has 3 fully saturated rings. The SMILES string of the molecule is CCCCCCCCCCCCCC/C=C\CCCCCCCCCCCCCCCC(=O)NC(COC1OC(CO)C(OC2OC(CO)C(O)C(OC3(C(=O)O)CC(O)C(NC(C)=O)C(C(O)C(O)CO)O3)C2O)C(O)C1O)C(O)CCCCCCCCCCCC. The summed E-state index contributed by atoms with van der Waals surface area (Å²) in [5.74, 6) is -6.10. The molecule has 3 aliphatic rings. The van der Waals surface area contributed by atoms with Gasteiger partial charge in [0.1, 0.15) is 67.1 Å². The summed E-state index contributed by atoms with van der Waals surface area (Å²) in [5, 5.41) is 136. The summed E-state index contributed by atoms with van der Waals surface area (Å²) < 4.78 is 34.8. The number of amides is 2. The first-order valence-corrected chi connectivity index (χ1v) is 36.5. The normalized spacial score (nSPS) is 28.1. The number of carbonyl (C=O) groups excluding carboxylic acids is 2. The smallest absolute Gasteiger partial charge is 0.364 e. The Morgan fingerprint density at radius 2 is 1.00 bits per heavy atom. The Morgan fingerprint density at radius 3 is 1.45 bits per heavy atom. The van der Waals surface area contributed by atoms with Crippen LogP contribution in [0.5, 0.6) is 0 Å². The van der Waals surface area contributed by atoms with Crippen molar-refractivity contribution in [2.75, 3.05) is 26.4 Å². The molecule has 3 heterocycles. The molecule has 18 unspecified atom stereocenters. The fraction of sp³-hybridized carbons (Fsp3) is 0.929. The summed E-state index contributed by atoms with van der Waals surface area (Å²) in [4.78, 5) is 38.5. The first-order valence-electron chi connectivity index (χ1n) is 36.5. The number of hydrogen-bond acceptors (Lipinski definition) is 20. The quantitative estimate of drug-likeness (QED) is 0.0207. The molecule has 0 radical (unpaired) electrons. The molecule has 3 aliphatic heterocycles. The van der Waals surface area contributed by atoms with Crippen LogP contribution in [0.3, 0.4) is 0 Å². The van der Waals surface area contributed by atoms with E-state index in [0.29, 0.717) is 19.3 Å². The summed E-state index contributed by atoms with van der Waals surface area (Å²) in [5.41, 5.74) is 0. The molecule has 14 N–H and O–H groups in total. The summed E-state index contributed by atoms with van der Waals surface area (Å²) in [7, 11) is 0. The van der Waals surface area contributed by atoms with Gasteiger partial charge < -0.3 is 100 Å². The summed E-state index contributed by atoms with van der Waals surface area (Å²) in [6.45, 7) is 2.19. The van der Waals surface area contributed by atoms with E-state index in [0.717, 1.165) is 58.3 Å². The van der Waals surface area contributed by atoms with Crippen molar-refractivity contribution in [2.45, 2.75) is 387 Å². The molecule has 0 aromatic heterocycles. The Morgan fingerprint density at radius 1 is 0.548 bits per heavy atom. The predicted octanol–water partition coefficient (Wildman–Crippen LogP) is 7.46. The van der Waals surface area contributed by atoms with Crippen molar-refractivity contribution in [1.82, 2.24) is 10.6 Å². The number of nitrogens with one attached hydrogen (secondary N) is 2. The Balaban J connectivity index is 1.48. The Labute approximate surface area is 556 Å². The molecule has 3 rings (SSSR count). The Hall–Kier alpha value is -2.53. The van der Waals surface area contributed by atoms with Gasteiger partial charge in [0.25, 0.3) is 5.79 Å². The summed E-state index contributed by atoms with van der Waals surface area (Å²) in [6.07, 6.45) is 21.1. The third-order valence-electron chi connectivity index (χ3n) is 18.7. The topological polar surface area (TPSA) is 373 Å². The van der Waals surface area contributed by atoms with Gasteiger partial charge in [-0.1, -0.05) is 231 Å². The van der Waals surface area contributed by atoms with E-state index in [4.69, 9.17) is 28.4 Å². The number of carbonyl (C=O) groups is 3. The van der Waals surface area contributed by atoms with Gasteiger partial charge in [-0.3, -0.25) is 9.59 Å². The summed E-state index contributed by atoms with van der Waals surface area (Å²) in [6, 6.07) is -2.53. The number of hydrogen-bond donors (Lipinski definition) is 14. The van der Waals surface area contributed by atoms with Crippen molar-refractivity contribution < 1.29 is 104 Å². The van der Waals surface area contributed by atoms with Gasteiger partial charge in [-0.25, -0.2) is 4.79 Å². The highest BCUT2D eigenvalue weighted by atomic mass is 16.8. The number of aliphatic hydroxyl groups excluding tert-OH is 11. The van der Waals surface area contributed by atoms with Crippen LogP contribution in [0, 0.1) is 0 Å². The predicted molar refractivity (Wildman–Crippen MR) is 352 cm³/mol. The zero-order chi connectivity index (χ0) is 68.2. The number of unbranched alkanes of at least 4 members (excludes halogenated alkanes) is 34. The van der Waals surface area contributed by atoms with Crippen LogP contribution in [0.2, 0.25) is 0 Å². The maximum atomic E-state index is 13.5. The lowest BCUT2D eigenvalue weighted by Gasteiger charge is -2.50. The van der Waals surface area contributed by atoms with Crippen LogP contribution >= 0.6 is 0 Å². The van der Waals surface area contributed by atoms with Crippen LogP contribution in [0.4, 0.5) is 0 Å². The van der Waals surface area contributed by atoms with Crippen LogP contribution in [0.15, 0.2) is 12.2 Å². The molecule has 3 saturated heterocycles. The largest absolute Gasteiger partial charge is 0.477 e. The second-order valence-corrected chi connectivity index (χ2v) is 26.8. The van der Waals surface area contributed by atoms with Crippen molar-refractivity contribution in [3.8, 4) is 0 Å². The van der Waals surface area contributed by atoms with E-state index in [9.17, 15) is 75.7 Å². The highest BCUT2D eigenvalue weighted by molar-refractivity contribution is 5.77. The Bertz CT molecular complexity index is 1930. The number of carboxylic acid groups (broad SMARTS) is 1. The molecule has 546 valence electrons. The minimum atomic E-state index is -3.08. The van der Waals surface area contributed by atoms with Crippen molar-refractivity contribution in [3.63, 3.8) is 0 Å². The van der Waals surface area contributed by atoms with Gasteiger partial charge in [0.2, 0.25) is 11.8 Å². The van der Waals surface area contributed by atoms with Gasteiger partial charge in [0.05, 0.1) is 50.7 Å². The molecule has 0 aromatic rings. The first-order chi connectivity index (χ1) is 44.9. The molecule has 0 saturated carbocycles. The van der Waals surface area contributed by atoms with Crippen LogP contribution < -0.4 is 10.6 Å². The number of ether oxygens (including phenoxy) is 6. The first kappa shape index (κ1) is 84.7. The monoisotopic (exact) mass is 1330 g/mol. The number of allylic oxidation sites excluding steroid dienone is 2. The van der Waals surface area contributed by atoms with Crippen molar-refractivity contribution in [1.29, 1.82) is 0 Å². The van der Waals surface area contributed by atoms with Crippen LogP contribution in [-0.4, -0.2) is 215 Å². The number of aliphatic carboxylic acids is 1. The average Bonchev–Trinajstić information content (AvgIpc) is 0.778. The highest BCUT2D eigenvalue weighted by Gasteiger charge is 2.60. The number of aliphatic hydroxyl groups is 11. The molecule has 23 heteroatoms. The van der Waals surface area contributed by atoms with Crippen LogP contribution in [0.25, 0.3) is 0 Å². The second kappa shape index (κ2) is 50.7. The van der Waals surface area contributed by atoms with Gasteiger partial charge in [0.15, 0.2) is 12.6 Å². The lowest BCUT2D eigenvalue weighted by Crippen LogP contribution is -2.70. The zero-order valence-electron chi connectivity index (χ0n) is 57.1. The van der Waals surface area contributed by atoms with E-state index >= 15 is 0 Å². The maximum Gasteiger partial charge on any atom is 0.364 e. The molecular formula is C70H130N2O21. The number of rotatable bonds is 56. The lowest BCUT2D eigenvalue weighted by molar-refractivity contribution is -0.386. The molecule has 2 amide bonds. The number of carboxylic acids is 1. The van der Waals surface area contributed by atoms with Gasteiger partial charge in [-0.2, -0.15) is 0 Å². The van der Waals surface area contributed by atoms with Gasteiger partial charge in [0, 0.05) is 19.8 Å². The summed E-state index contributed by atoms with van der Waals surface area (Å²) >= 11 is 0. The van der Waals surface area contributed by atoms with Crippen molar-refractivity contribution in [3.05, 3.63) is 12.2 Å². The van der Waals surface area contributed by atoms with Crippen LogP contribution in [0.1, 0.15) is 278 Å². The molecule has 18 atom stereocenters.